The molecule has 2 aromatic rings. The van der Waals surface area contributed by atoms with Gasteiger partial charge in [0, 0.05) is 25.1 Å². The summed E-state index contributed by atoms with van der Waals surface area (Å²) in [5, 5.41) is 15.3. The number of aromatic nitrogens is 4. The summed E-state index contributed by atoms with van der Waals surface area (Å²) in [6.07, 6.45) is 2.44. The van der Waals surface area contributed by atoms with E-state index in [0.29, 0.717) is 24.9 Å². The van der Waals surface area contributed by atoms with Gasteiger partial charge in [-0.15, -0.1) is 10.2 Å². The molecule has 128 valence electrons. The van der Waals surface area contributed by atoms with Crippen LogP contribution in [0.5, 0.6) is 0 Å². The van der Waals surface area contributed by atoms with E-state index in [-0.39, 0.29) is 11.8 Å². The highest BCUT2D eigenvalue weighted by Crippen LogP contribution is 2.39. The van der Waals surface area contributed by atoms with Crippen LogP contribution in [0.2, 0.25) is 0 Å². The number of hydrogen-bond acceptors (Lipinski definition) is 6. The van der Waals surface area contributed by atoms with E-state index in [0.717, 1.165) is 30.4 Å². The molecule has 2 aromatic heterocycles. The lowest BCUT2D eigenvalue weighted by atomic mass is 10.1. The van der Waals surface area contributed by atoms with E-state index in [1.165, 1.54) is 12.8 Å². The van der Waals surface area contributed by atoms with Crippen LogP contribution in [0.25, 0.3) is 0 Å². The average molecular weight is 330 g/mol. The van der Waals surface area contributed by atoms with Crippen LogP contribution >= 0.6 is 0 Å². The van der Waals surface area contributed by atoms with Gasteiger partial charge in [-0.2, -0.15) is 0 Å². The first-order valence-corrected chi connectivity index (χ1v) is 8.51. The minimum Gasteiger partial charge on any atom is -0.338 e. The van der Waals surface area contributed by atoms with Crippen molar-refractivity contribution in [2.45, 2.75) is 51.6 Å². The Balaban J connectivity index is 1.34. The van der Waals surface area contributed by atoms with Crippen molar-refractivity contribution in [1.82, 2.24) is 24.8 Å². The highest BCUT2D eigenvalue weighted by molar-refractivity contribution is 5.90. The van der Waals surface area contributed by atoms with E-state index >= 15 is 0 Å². The molecule has 0 saturated heterocycles. The summed E-state index contributed by atoms with van der Waals surface area (Å²) < 4.78 is 7.37. The molecule has 1 N–H and O–H groups in total. The number of fused-ring (bicyclic) bond motifs is 1. The zero-order valence-corrected chi connectivity index (χ0v) is 14.0. The zero-order valence-electron chi connectivity index (χ0n) is 14.0. The van der Waals surface area contributed by atoms with Gasteiger partial charge >= 0.3 is 0 Å². The Morgan fingerprint density at radius 3 is 2.92 bits per heavy atom. The fourth-order valence-electron chi connectivity index (χ4n) is 3.01. The molecule has 1 fully saturated rings. The molecular weight excluding hydrogens is 308 g/mol. The van der Waals surface area contributed by atoms with E-state index in [1.807, 2.05) is 13.8 Å². The smallest absolute Gasteiger partial charge is 0.240 e. The van der Waals surface area contributed by atoms with Gasteiger partial charge in [0.05, 0.1) is 18.8 Å². The highest BCUT2D eigenvalue weighted by Gasteiger charge is 2.32. The molecule has 8 heteroatoms. The maximum atomic E-state index is 12.2. The van der Waals surface area contributed by atoms with Gasteiger partial charge in [0.2, 0.25) is 11.8 Å². The number of nitrogens with zero attached hydrogens (tertiary/aromatic N) is 5. The molecular formula is C16H22N6O2. The number of amides is 1. The predicted octanol–water partition coefficient (Wildman–Crippen LogP) is 1.72. The van der Waals surface area contributed by atoms with Gasteiger partial charge in [0.25, 0.3) is 0 Å². The largest absolute Gasteiger partial charge is 0.338 e. The molecule has 3 heterocycles. The quantitative estimate of drug-likeness (QED) is 0.898. The van der Waals surface area contributed by atoms with Gasteiger partial charge in [-0.3, -0.25) is 15.0 Å². The van der Waals surface area contributed by atoms with Crippen molar-refractivity contribution in [3.63, 3.8) is 0 Å². The van der Waals surface area contributed by atoms with E-state index in [1.54, 1.807) is 6.07 Å². The Hall–Kier alpha value is -2.22. The monoisotopic (exact) mass is 330 g/mol. The molecule has 8 nitrogen and oxygen atoms in total. The normalized spacial score (nSPS) is 18.0. The van der Waals surface area contributed by atoms with Crippen LogP contribution in [-0.2, 0) is 17.9 Å². The lowest BCUT2D eigenvalue weighted by Gasteiger charge is -2.26. The van der Waals surface area contributed by atoms with Gasteiger partial charge < -0.3 is 9.09 Å². The van der Waals surface area contributed by atoms with Crippen LogP contribution in [0.1, 0.15) is 55.9 Å². The maximum Gasteiger partial charge on any atom is 0.240 e. The molecule has 0 radical (unpaired) electrons. The zero-order chi connectivity index (χ0) is 16.7. The second-order valence-electron chi connectivity index (χ2n) is 6.93. The van der Waals surface area contributed by atoms with Crippen molar-refractivity contribution >= 4 is 11.8 Å². The van der Waals surface area contributed by atoms with Crippen LogP contribution in [0.15, 0.2) is 10.6 Å². The minimum atomic E-state index is -0.100. The average Bonchev–Trinajstić information content (AvgIpc) is 3.13. The fraction of sp³-hybridized carbons (Fsp3) is 0.625. The Kier molecular flexibility index (Phi) is 3.84. The number of carbonyl (C=O) groups excluding carboxylic acids is 1. The Labute approximate surface area is 140 Å². The first-order valence-electron chi connectivity index (χ1n) is 8.51. The third kappa shape index (κ3) is 3.06. The van der Waals surface area contributed by atoms with Crippen LogP contribution in [-0.4, -0.2) is 43.8 Å². The van der Waals surface area contributed by atoms with E-state index in [9.17, 15) is 4.79 Å². The molecule has 1 aliphatic heterocycles. The van der Waals surface area contributed by atoms with Gasteiger partial charge in [-0.25, -0.2) is 0 Å². The van der Waals surface area contributed by atoms with Crippen molar-refractivity contribution < 1.29 is 9.32 Å². The summed E-state index contributed by atoms with van der Waals surface area (Å²) >= 11 is 0. The van der Waals surface area contributed by atoms with Crippen molar-refractivity contribution in [1.29, 1.82) is 0 Å². The molecule has 0 aromatic carbocycles. The molecule has 1 aliphatic carbocycles. The van der Waals surface area contributed by atoms with Crippen LogP contribution in [0.4, 0.5) is 5.88 Å². The number of hydrogen-bond donors (Lipinski definition) is 1. The van der Waals surface area contributed by atoms with Gasteiger partial charge in [0.15, 0.2) is 0 Å². The fourth-order valence-corrected chi connectivity index (χ4v) is 3.01. The van der Waals surface area contributed by atoms with Gasteiger partial charge in [0.1, 0.15) is 11.6 Å². The predicted molar refractivity (Wildman–Crippen MR) is 86.5 cm³/mol. The van der Waals surface area contributed by atoms with Crippen molar-refractivity contribution in [3.8, 4) is 0 Å². The topological polar surface area (TPSA) is 89.1 Å². The van der Waals surface area contributed by atoms with E-state index in [2.05, 4.69) is 30.1 Å². The molecule has 1 saturated carbocycles. The standard InChI is InChI=1S/C16H22N6O2/c1-10(2)12-7-15(24-20-12)17-14(23)9-21-5-6-22-13(8-21)18-19-16(22)11-3-4-11/h7,10-11H,3-6,8-9H2,1-2H3,(H,17,23). The molecule has 24 heavy (non-hydrogen) atoms. The summed E-state index contributed by atoms with van der Waals surface area (Å²) in [6.45, 7) is 6.70. The molecule has 4 rings (SSSR count). The number of carbonyl (C=O) groups is 1. The Morgan fingerprint density at radius 1 is 1.38 bits per heavy atom. The molecule has 0 unspecified atom stereocenters. The van der Waals surface area contributed by atoms with E-state index in [4.69, 9.17) is 4.52 Å². The molecule has 0 bridgehead atoms. The molecule has 2 aliphatic rings. The van der Waals surface area contributed by atoms with Crippen molar-refractivity contribution in [2.75, 3.05) is 18.4 Å². The van der Waals surface area contributed by atoms with Crippen molar-refractivity contribution in [3.05, 3.63) is 23.4 Å². The summed E-state index contributed by atoms with van der Waals surface area (Å²) in [6, 6.07) is 1.78. The molecule has 0 atom stereocenters. The lowest BCUT2D eigenvalue weighted by Crippen LogP contribution is -2.39. The highest BCUT2D eigenvalue weighted by atomic mass is 16.5. The SMILES string of the molecule is CC(C)c1cc(NC(=O)CN2CCn3c(nnc3C3CC3)C2)on1. The third-order valence-corrected chi connectivity index (χ3v) is 4.55. The second-order valence-corrected chi connectivity index (χ2v) is 6.93. The summed E-state index contributed by atoms with van der Waals surface area (Å²) in [5.41, 5.74) is 0.837. The lowest BCUT2D eigenvalue weighted by molar-refractivity contribution is -0.117. The van der Waals surface area contributed by atoms with Crippen molar-refractivity contribution in [2.24, 2.45) is 0 Å². The minimum absolute atomic E-state index is 0.100. The number of nitrogens with one attached hydrogen (secondary N) is 1. The summed E-state index contributed by atoms with van der Waals surface area (Å²) in [7, 11) is 0. The van der Waals surface area contributed by atoms with Crippen LogP contribution in [0.3, 0.4) is 0 Å². The molecule has 0 spiro atoms. The first kappa shape index (κ1) is 15.3. The summed E-state index contributed by atoms with van der Waals surface area (Å²) in [4.78, 5) is 14.3. The maximum absolute atomic E-state index is 12.2. The first-order chi connectivity index (χ1) is 11.6. The Morgan fingerprint density at radius 2 is 2.21 bits per heavy atom. The van der Waals surface area contributed by atoms with Gasteiger partial charge in [-0.1, -0.05) is 19.0 Å². The third-order valence-electron chi connectivity index (χ3n) is 4.55. The van der Waals surface area contributed by atoms with Gasteiger partial charge in [-0.05, 0) is 18.8 Å². The van der Waals surface area contributed by atoms with E-state index < -0.39 is 0 Å². The van der Waals surface area contributed by atoms with Crippen LogP contribution in [0, 0.1) is 0 Å². The molecule has 1 amide bonds. The number of rotatable bonds is 5. The summed E-state index contributed by atoms with van der Waals surface area (Å²) in [5.74, 6) is 3.25. The second kappa shape index (κ2) is 6.01. The van der Waals surface area contributed by atoms with Crippen LogP contribution < -0.4 is 5.32 Å². The Bertz CT molecular complexity index is 746. The number of anilines is 1.